The molecule has 18 heavy (non-hydrogen) atoms. The first-order chi connectivity index (χ1) is 8.56. The summed E-state index contributed by atoms with van der Waals surface area (Å²) in [5.74, 6) is -0.0990. The molecule has 1 heterocycles. The van der Waals surface area contributed by atoms with Crippen LogP contribution in [-0.4, -0.2) is 5.78 Å². The van der Waals surface area contributed by atoms with E-state index in [0.717, 1.165) is 9.35 Å². The molecule has 0 saturated heterocycles. The van der Waals surface area contributed by atoms with Crippen LogP contribution in [-0.2, 0) is 0 Å². The Kier molecular flexibility index (Phi) is 4.62. The van der Waals surface area contributed by atoms with Crippen LogP contribution in [0.25, 0.3) is 6.08 Å². The molecule has 0 spiro atoms. The first-order valence-corrected chi connectivity index (χ1v) is 7.40. The van der Waals surface area contributed by atoms with Crippen molar-refractivity contribution in [3.8, 4) is 0 Å². The van der Waals surface area contributed by atoms with Crippen LogP contribution in [0.4, 0.5) is 0 Å². The fraction of sp³-hybridized carbons (Fsp3) is 0. The molecule has 0 atom stereocenters. The fourth-order valence-electron chi connectivity index (χ4n) is 1.32. The molecule has 1 nitrogen and oxygen atoms in total. The lowest BCUT2D eigenvalue weighted by atomic mass is 10.1. The Morgan fingerprint density at radius 3 is 2.61 bits per heavy atom. The number of halogens is 3. The second-order valence-corrected chi connectivity index (χ2v) is 6.17. The van der Waals surface area contributed by atoms with E-state index < -0.39 is 0 Å². The average Bonchev–Trinajstić information content (AvgIpc) is 2.75. The standard InChI is InChI=1S/C13H7BrCl2OS/c14-9-6-10(18-7-9)2-4-13(17)8-1-3-11(15)12(16)5-8/h1-7H. The molecule has 0 radical (unpaired) electrons. The van der Waals surface area contributed by atoms with Crippen molar-refractivity contribution in [1.29, 1.82) is 0 Å². The van der Waals surface area contributed by atoms with Gasteiger partial charge in [-0.05, 0) is 52.3 Å². The molecule has 0 aliphatic carbocycles. The van der Waals surface area contributed by atoms with Gasteiger partial charge in [-0.3, -0.25) is 4.79 Å². The maximum Gasteiger partial charge on any atom is 0.185 e. The van der Waals surface area contributed by atoms with Crippen LogP contribution in [0.15, 0.2) is 40.2 Å². The zero-order valence-corrected chi connectivity index (χ0v) is 12.9. The summed E-state index contributed by atoms with van der Waals surface area (Å²) in [5, 5.41) is 2.79. The van der Waals surface area contributed by atoms with E-state index in [1.165, 1.54) is 6.08 Å². The van der Waals surface area contributed by atoms with Crippen LogP contribution in [0.3, 0.4) is 0 Å². The third-order valence-corrected chi connectivity index (χ3v) is 4.59. The zero-order valence-electron chi connectivity index (χ0n) is 8.99. The van der Waals surface area contributed by atoms with E-state index in [0.29, 0.717) is 15.6 Å². The molecule has 92 valence electrons. The number of carbonyl (C=O) groups excluding carboxylic acids is 1. The van der Waals surface area contributed by atoms with Crippen molar-refractivity contribution < 1.29 is 4.79 Å². The molecule has 2 rings (SSSR count). The Labute approximate surface area is 127 Å². The minimum Gasteiger partial charge on any atom is -0.289 e. The Hall–Kier alpha value is -0.610. The summed E-state index contributed by atoms with van der Waals surface area (Å²) >= 11 is 16.6. The molecule has 0 aliphatic heterocycles. The van der Waals surface area contributed by atoms with Gasteiger partial charge in [-0.25, -0.2) is 0 Å². The van der Waals surface area contributed by atoms with E-state index in [9.17, 15) is 4.79 Å². The molecule has 0 unspecified atom stereocenters. The van der Waals surface area contributed by atoms with Gasteiger partial charge in [0.15, 0.2) is 5.78 Å². The number of allylic oxidation sites excluding steroid dienone is 1. The summed E-state index contributed by atoms with van der Waals surface area (Å²) in [7, 11) is 0. The SMILES string of the molecule is O=C(C=Cc1cc(Br)cs1)c1ccc(Cl)c(Cl)c1. The maximum absolute atomic E-state index is 11.9. The number of benzene rings is 1. The maximum atomic E-state index is 11.9. The van der Waals surface area contributed by atoms with Crippen molar-refractivity contribution in [3.63, 3.8) is 0 Å². The molecule has 5 heteroatoms. The van der Waals surface area contributed by atoms with Gasteiger partial charge in [-0.1, -0.05) is 23.2 Å². The lowest BCUT2D eigenvalue weighted by Crippen LogP contribution is -1.93. The summed E-state index contributed by atoms with van der Waals surface area (Å²) in [6.45, 7) is 0. The molecule has 0 aliphatic rings. The summed E-state index contributed by atoms with van der Waals surface area (Å²) in [4.78, 5) is 12.9. The van der Waals surface area contributed by atoms with Crippen LogP contribution >= 0.6 is 50.5 Å². The molecular weight excluding hydrogens is 355 g/mol. The van der Waals surface area contributed by atoms with Crippen molar-refractivity contribution >= 4 is 62.3 Å². The van der Waals surface area contributed by atoms with Crippen molar-refractivity contribution in [2.45, 2.75) is 0 Å². The lowest BCUT2D eigenvalue weighted by Gasteiger charge is -1.98. The minimum atomic E-state index is -0.0990. The number of thiophene rings is 1. The topological polar surface area (TPSA) is 17.1 Å². The normalized spacial score (nSPS) is 11.1. The quantitative estimate of drug-likeness (QED) is 0.505. The molecule has 0 bridgehead atoms. The van der Waals surface area contributed by atoms with Gasteiger partial charge in [-0.15, -0.1) is 11.3 Å². The zero-order chi connectivity index (χ0) is 13.1. The number of rotatable bonds is 3. The van der Waals surface area contributed by atoms with Gasteiger partial charge in [0.25, 0.3) is 0 Å². The molecule has 0 amide bonds. The third-order valence-electron chi connectivity index (χ3n) is 2.19. The highest BCUT2D eigenvalue weighted by atomic mass is 79.9. The number of hydrogen-bond acceptors (Lipinski definition) is 2. The molecule has 1 aromatic carbocycles. The Balaban J connectivity index is 2.16. The molecule has 0 fully saturated rings. The Morgan fingerprint density at radius 2 is 2.00 bits per heavy atom. The highest BCUT2D eigenvalue weighted by Gasteiger charge is 2.05. The highest BCUT2D eigenvalue weighted by molar-refractivity contribution is 9.10. The second kappa shape index (κ2) is 6.02. The predicted molar refractivity (Wildman–Crippen MR) is 81.8 cm³/mol. The molecule has 0 saturated carbocycles. The first-order valence-electron chi connectivity index (χ1n) is 4.98. The van der Waals surface area contributed by atoms with Gasteiger partial charge in [0.05, 0.1) is 10.0 Å². The highest BCUT2D eigenvalue weighted by Crippen LogP contribution is 2.24. The van der Waals surface area contributed by atoms with Crippen molar-refractivity contribution in [1.82, 2.24) is 0 Å². The first kappa shape index (κ1) is 13.8. The van der Waals surface area contributed by atoms with E-state index in [4.69, 9.17) is 23.2 Å². The van der Waals surface area contributed by atoms with Crippen molar-refractivity contribution in [2.75, 3.05) is 0 Å². The van der Waals surface area contributed by atoms with Crippen LogP contribution in [0.2, 0.25) is 10.0 Å². The van der Waals surface area contributed by atoms with E-state index in [-0.39, 0.29) is 5.78 Å². The summed E-state index contributed by atoms with van der Waals surface area (Å²) in [6.07, 6.45) is 3.30. The number of carbonyl (C=O) groups is 1. The van der Waals surface area contributed by atoms with Gasteiger partial charge in [0, 0.05) is 20.3 Å². The van der Waals surface area contributed by atoms with Gasteiger partial charge in [0.2, 0.25) is 0 Å². The van der Waals surface area contributed by atoms with Crippen LogP contribution < -0.4 is 0 Å². The van der Waals surface area contributed by atoms with Crippen LogP contribution in [0.1, 0.15) is 15.2 Å². The lowest BCUT2D eigenvalue weighted by molar-refractivity contribution is 0.104. The van der Waals surface area contributed by atoms with E-state index in [1.54, 1.807) is 35.6 Å². The minimum absolute atomic E-state index is 0.0990. The van der Waals surface area contributed by atoms with Gasteiger partial charge >= 0.3 is 0 Å². The summed E-state index contributed by atoms with van der Waals surface area (Å²) in [5.41, 5.74) is 0.524. The fourth-order valence-corrected chi connectivity index (χ4v) is 2.95. The van der Waals surface area contributed by atoms with E-state index in [2.05, 4.69) is 15.9 Å². The summed E-state index contributed by atoms with van der Waals surface area (Å²) in [6, 6.07) is 6.79. The van der Waals surface area contributed by atoms with Crippen molar-refractivity contribution in [2.24, 2.45) is 0 Å². The van der Waals surface area contributed by atoms with Crippen molar-refractivity contribution in [3.05, 3.63) is 60.7 Å². The van der Waals surface area contributed by atoms with Crippen LogP contribution in [0, 0.1) is 0 Å². The third kappa shape index (κ3) is 3.45. The second-order valence-electron chi connectivity index (χ2n) is 3.49. The predicted octanol–water partition coefficient (Wildman–Crippen LogP) is 5.71. The molecule has 2 aromatic rings. The largest absolute Gasteiger partial charge is 0.289 e. The van der Waals surface area contributed by atoms with Gasteiger partial charge in [0.1, 0.15) is 0 Å². The van der Waals surface area contributed by atoms with Crippen LogP contribution in [0.5, 0.6) is 0 Å². The molecule has 0 N–H and O–H groups in total. The van der Waals surface area contributed by atoms with E-state index >= 15 is 0 Å². The van der Waals surface area contributed by atoms with E-state index in [1.807, 2.05) is 11.4 Å². The number of ketones is 1. The number of hydrogen-bond donors (Lipinski definition) is 0. The molecular formula is C13H7BrCl2OS. The Bertz CT molecular complexity index is 619. The average molecular weight is 362 g/mol. The van der Waals surface area contributed by atoms with Gasteiger partial charge in [-0.2, -0.15) is 0 Å². The smallest absolute Gasteiger partial charge is 0.185 e. The van der Waals surface area contributed by atoms with Gasteiger partial charge < -0.3 is 0 Å². The summed E-state index contributed by atoms with van der Waals surface area (Å²) < 4.78 is 1.01. The monoisotopic (exact) mass is 360 g/mol. The Morgan fingerprint density at radius 1 is 1.22 bits per heavy atom. The molecule has 1 aromatic heterocycles.